The highest BCUT2D eigenvalue weighted by Gasteiger charge is 2.34. The normalized spacial score (nSPS) is 18.0. The number of aryl methyl sites for hydroxylation is 1. The number of phenolic OH excluding ortho intramolecular Hbond substituents is 1. The van der Waals surface area contributed by atoms with Gasteiger partial charge in [-0.3, -0.25) is 9.69 Å². The Morgan fingerprint density at radius 1 is 1.26 bits per heavy atom. The van der Waals surface area contributed by atoms with Crippen LogP contribution in [0.5, 0.6) is 17.2 Å². The number of carbonyl (C=O) groups excluding carboxylic acids is 1. The zero-order valence-electron chi connectivity index (χ0n) is 15.6. The SMILES string of the molecule is COc1ccccc1/C=C1/Oc2c(CN3CCCC3)c(O)cc(C)c2C1=O. The number of aromatic hydroxyl groups is 1. The van der Waals surface area contributed by atoms with Crippen LogP contribution in [0.2, 0.25) is 0 Å². The molecule has 1 N–H and O–H groups in total. The number of hydrogen-bond acceptors (Lipinski definition) is 5. The number of methoxy groups -OCH3 is 1. The summed E-state index contributed by atoms with van der Waals surface area (Å²) in [5.41, 5.74) is 2.73. The number of hydrogen-bond donors (Lipinski definition) is 1. The molecule has 2 heterocycles. The van der Waals surface area contributed by atoms with E-state index in [2.05, 4.69) is 4.90 Å². The van der Waals surface area contributed by atoms with Crippen molar-refractivity contribution in [3.8, 4) is 17.2 Å². The molecule has 1 fully saturated rings. The summed E-state index contributed by atoms with van der Waals surface area (Å²) in [5.74, 6) is 1.45. The maximum absolute atomic E-state index is 13.0. The van der Waals surface area contributed by atoms with Crippen molar-refractivity contribution < 1.29 is 19.4 Å². The summed E-state index contributed by atoms with van der Waals surface area (Å²) in [7, 11) is 1.60. The third-order valence-electron chi connectivity index (χ3n) is 5.23. The van der Waals surface area contributed by atoms with Crippen molar-refractivity contribution in [2.75, 3.05) is 20.2 Å². The number of fused-ring (bicyclic) bond motifs is 1. The van der Waals surface area contributed by atoms with E-state index < -0.39 is 0 Å². The molecule has 27 heavy (non-hydrogen) atoms. The van der Waals surface area contributed by atoms with Gasteiger partial charge in [-0.25, -0.2) is 0 Å². The van der Waals surface area contributed by atoms with Crippen LogP contribution in [0, 0.1) is 6.92 Å². The summed E-state index contributed by atoms with van der Waals surface area (Å²) in [6.45, 7) is 4.41. The zero-order chi connectivity index (χ0) is 19.0. The van der Waals surface area contributed by atoms with Crippen LogP contribution in [0.4, 0.5) is 0 Å². The minimum atomic E-state index is -0.156. The molecular formula is C22H23NO4. The zero-order valence-corrected chi connectivity index (χ0v) is 15.6. The van der Waals surface area contributed by atoms with Gasteiger partial charge in [-0.05, 0) is 56.6 Å². The topological polar surface area (TPSA) is 59.0 Å². The van der Waals surface area contributed by atoms with Crippen LogP contribution in [0.15, 0.2) is 36.1 Å². The lowest BCUT2D eigenvalue weighted by Crippen LogP contribution is -2.19. The molecule has 2 aliphatic heterocycles. The van der Waals surface area contributed by atoms with E-state index in [9.17, 15) is 9.90 Å². The third kappa shape index (κ3) is 3.19. The maximum Gasteiger partial charge on any atom is 0.232 e. The van der Waals surface area contributed by atoms with Crippen molar-refractivity contribution in [3.63, 3.8) is 0 Å². The van der Waals surface area contributed by atoms with Gasteiger partial charge >= 0.3 is 0 Å². The van der Waals surface area contributed by atoms with E-state index in [4.69, 9.17) is 9.47 Å². The molecule has 140 valence electrons. The molecule has 0 aromatic heterocycles. The summed E-state index contributed by atoms with van der Waals surface area (Å²) < 4.78 is 11.4. The number of likely N-dealkylation sites (tertiary alicyclic amines) is 1. The van der Waals surface area contributed by atoms with E-state index in [-0.39, 0.29) is 17.3 Å². The fourth-order valence-electron chi connectivity index (χ4n) is 3.82. The number of para-hydroxylation sites is 1. The average molecular weight is 365 g/mol. The Morgan fingerprint density at radius 3 is 2.74 bits per heavy atom. The molecule has 0 amide bonds. The van der Waals surface area contributed by atoms with Gasteiger partial charge in [0.15, 0.2) is 5.76 Å². The van der Waals surface area contributed by atoms with Crippen molar-refractivity contribution in [2.45, 2.75) is 26.3 Å². The molecule has 0 saturated carbocycles. The van der Waals surface area contributed by atoms with Crippen LogP contribution in [-0.2, 0) is 6.54 Å². The molecule has 4 rings (SSSR count). The standard InChI is InChI=1S/C22H23NO4/c1-14-11-17(24)16(13-23-9-5-6-10-23)22-20(14)21(25)19(27-22)12-15-7-3-4-8-18(15)26-2/h3-4,7-8,11-12,24H,5-6,9-10,13H2,1-2H3/b19-12+. The first kappa shape index (κ1) is 17.6. The van der Waals surface area contributed by atoms with Gasteiger partial charge in [-0.15, -0.1) is 0 Å². The molecule has 0 aliphatic carbocycles. The highest BCUT2D eigenvalue weighted by molar-refractivity contribution is 6.16. The van der Waals surface area contributed by atoms with E-state index in [0.29, 0.717) is 29.2 Å². The minimum Gasteiger partial charge on any atom is -0.507 e. The number of ketones is 1. The Bertz CT molecular complexity index is 926. The number of rotatable bonds is 4. The summed E-state index contributed by atoms with van der Waals surface area (Å²) in [6, 6.07) is 9.15. The predicted octanol–water partition coefficient (Wildman–Crippen LogP) is 3.92. The first-order valence-electron chi connectivity index (χ1n) is 9.23. The van der Waals surface area contributed by atoms with Gasteiger partial charge in [-0.2, -0.15) is 0 Å². The Hall–Kier alpha value is -2.79. The lowest BCUT2D eigenvalue weighted by atomic mass is 9.99. The summed E-state index contributed by atoms with van der Waals surface area (Å²) in [5, 5.41) is 10.5. The van der Waals surface area contributed by atoms with Crippen LogP contribution in [0.3, 0.4) is 0 Å². The summed E-state index contributed by atoms with van der Waals surface area (Å²) in [4.78, 5) is 15.3. The molecule has 5 nitrogen and oxygen atoms in total. The second-order valence-corrected chi connectivity index (χ2v) is 7.06. The molecule has 1 saturated heterocycles. The number of carbonyl (C=O) groups is 1. The summed E-state index contributed by atoms with van der Waals surface area (Å²) in [6.07, 6.45) is 4.03. The number of Topliss-reactive ketones (excluding diaryl/α,β-unsaturated/α-hetero) is 1. The quantitative estimate of drug-likeness (QED) is 0.832. The molecule has 2 aliphatic rings. The maximum atomic E-state index is 13.0. The molecule has 2 aromatic rings. The molecule has 0 unspecified atom stereocenters. The summed E-state index contributed by atoms with van der Waals surface area (Å²) >= 11 is 0. The highest BCUT2D eigenvalue weighted by atomic mass is 16.5. The lowest BCUT2D eigenvalue weighted by Gasteiger charge is -2.18. The predicted molar refractivity (Wildman–Crippen MR) is 103 cm³/mol. The number of allylic oxidation sites excluding steroid dienone is 1. The van der Waals surface area contributed by atoms with E-state index in [1.165, 1.54) is 0 Å². The first-order valence-corrected chi connectivity index (χ1v) is 9.23. The second-order valence-electron chi connectivity index (χ2n) is 7.06. The van der Waals surface area contributed by atoms with Crippen LogP contribution in [0.25, 0.3) is 6.08 Å². The highest BCUT2D eigenvalue weighted by Crippen LogP contribution is 2.42. The van der Waals surface area contributed by atoms with Crippen molar-refractivity contribution in [3.05, 3.63) is 58.3 Å². The molecule has 2 aromatic carbocycles. The van der Waals surface area contributed by atoms with Crippen LogP contribution < -0.4 is 9.47 Å². The second kappa shape index (κ2) is 7.08. The molecule has 5 heteroatoms. The smallest absolute Gasteiger partial charge is 0.232 e. The number of nitrogens with zero attached hydrogens (tertiary/aromatic N) is 1. The molecule has 0 spiro atoms. The number of benzene rings is 2. The molecule has 0 radical (unpaired) electrons. The van der Waals surface area contributed by atoms with E-state index in [1.807, 2.05) is 31.2 Å². The minimum absolute atomic E-state index is 0.156. The van der Waals surface area contributed by atoms with Crippen molar-refractivity contribution in [1.29, 1.82) is 0 Å². The average Bonchev–Trinajstić information content (AvgIpc) is 3.28. The molecule has 0 atom stereocenters. The van der Waals surface area contributed by atoms with Crippen LogP contribution >= 0.6 is 0 Å². The molecular weight excluding hydrogens is 342 g/mol. The van der Waals surface area contributed by atoms with Gasteiger partial charge in [0.25, 0.3) is 0 Å². The Labute approximate surface area is 158 Å². The van der Waals surface area contributed by atoms with Gasteiger partial charge in [0, 0.05) is 12.1 Å². The Kier molecular flexibility index (Phi) is 4.62. The lowest BCUT2D eigenvalue weighted by molar-refractivity contribution is 0.101. The van der Waals surface area contributed by atoms with E-state index in [1.54, 1.807) is 19.3 Å². The van der Waals surface area contributed by atoms with E-state index in [0.717, 1.165) is 37.1 Å². The monoisotopic (exact) mass is 365 g/mol. The Morgan fingerprint density at radius 2 is 2.00 bits per heavy atom. The van der Waals surface area contributed by atoms with Gasteiger partial charge < -0.3 is 14.6 Å². The van der Waals surface area contributed by atoms with Gasteiger partial charge in [0.1, 0.15) is 17.2 Å². The molecule has 0 bridgehead atoms. The fourth-order valence-corrected chi connectivity index (χ4v) is 3.82. The van der Waals surface area contributed by atoms with E-state index >= 15 is 0 Å². The van der Waals surface area contributed by atoms with Crippen molar-refractivity contribution in [1.82, 2.24) is 4.90 Å². The van der Waals surface area contributed by atoms with Gasteiger partial charge in [-0.1, -0.05) is 18.2 Å². The fraction of sp³-hybridized carbons (Fsp3) is 0.318. The van der Waals surface area contributed by atoms with Crippen molar-refractivity contribution >= 4 is 11.9 Å². The number of ether oxygens (including phenoxy) is 2. The van der Waals surface area contributed by atoms with Gasteiger partial charge in [0.2, 0.25) is 5.78 Å². The third-order valence-corrected chi connectivity index (χ3v) is 5.23. The Balaban J connectivity index is 1.74. The van der Waals surface area contributed by atoms with Crippen LogP contribution in [0.1, 0.15) is 39.9 Å². The van der Waals surface area contributed by atoms with Crippen LogP contribution in [-0.4, -0.2) is 36.0 Å². The van der Waals surface area contributed by atoms with Gasteiger partial charge in [0.05, 0.1) is 18.2 Å². The largest absolute Gasteiger partial charge is 0.507 e. The number of phenols is 1. The van der Waals surface area contributed by atoms with Crippen molar-refractivity contribution in [2.24, 2.45) is 0 Å². The first-order chi connectivity index (χ1) is 13.1.